The number of morpholine rings is 1. The van der Waals surface area contributed by atoms with Crippen LogP contribution in [0.15, 0.2) is 22.7 Å². The summed E-state index contributed by atoms with van der Waals surface area (Å²) in [7, 11) is 0. The van der Waals surface area contributed by atoms with E-state index in [9.17, 15) is 4.79 Å². The largest absolute Gasteiger partial charge is 0.372 e. The molecule has 1 aliphatic heterocycles. The third-order valence-electron chi connectivity index (χ3n) is 3.87. The van der Waals surface area contributed by atoms with Gasteiger partial charge in [-0.1, -0.05) is 17.8 Å². The molecule has 2 atom stereocenters. The number of nitrogens with zero attached hydrogens (tertiary/aromatic N) is 4. The maximum atomic E-state index is 12.5. The molecule has 0 aromatic carbocycles. The molecule has 24 heavy (non-hydrogen) atoms. The molecule has 0 bridgehead atoms. The Kier molecular flexibility index (Phi) is 5.57. The Labute approximate surface area is 150 Å². The van der Waals surface area contributed by atoms with Crippen molar-refractivity contribution in [1.82, 2.24) is 19.7 Å². The van der Waals surface area contributed by atoms with Crippen LogP contribution in [-0.4, -0.2) is 56.6 Å². The first-order chi connectivity index (χ1) is 11.6. The van der Waals surface area contributed by atoms with Crippen LogP contribution in [0.1, 0.15) is 20.8 Å². The van der Waals surface area contributed by atoms with E-state index in [0.29, 0.717) is 18.8 Å². The van der Waals surface area contributed by atoms with Gasteiger partial charge in [0.2, 0.25) is 5.91 Å². The highest BCUT2D eigenvalue weighted by atomic mass is 32.2. The van der Waals surface area contributed by atoms with E-state index in [1.54, 1.807) is 11.3 Å². The molecule has 1 aliphatic rings. The van der Waals surface area contributed by atoms with Crippen molar-refractivity contribution in [2.24, 2.45) is 0 Å². The normalized spacial score (nSPS) is 21.2. The summed E-state index contributed by atoms with van der Waals surface area (Å²) in [5.74, 6) is 1.38. The van der Waals surface area contributed by atoms with E-state index in [4.69, 9.17) is 4.74 Å². The van der Waals surface area contributed by atoms with Crippen molar-refractivity contribution >= 4 is 29.0 Å². The number of amides is 1. The molecule has 1 amide bonds. The monoisotopic (exact) mass is 366 g/mol. The second kappa shape index (κ2) is 7.67. The number of ether oxygens (including phenoxy) is 1. The Morgan fingerprint density at radius 3 is 2.75 bits per heavy atom. The lowest BCUT2D eigenvalue weighted by atomic mass is 10.2. The van der Waals surface area contributed by atoms with Crippen molar-refractivity contribution in [2.75, 3.05) is 18.8 Å². The van der Waals surface area contributed by atoms with Gasteiger partial charge in [-0.2, -0.15) is 0 Å². The van der Waals surface area contributed by atoms with E-state index in [1.165, 1.54) is 11.8 Å². The highest BCUT2D eigenvalue weighted by Gasteiger charge is 2.26. The zero-order valence-corrected chi connectivity index (χ0v) is 15.8. The highest BCUT2D eigenvalue weighted by molar-refractivity contribution is 7.99. The fraction of sp³-hybridized carbons (Fsp3) is 0.562. The Hall–Kier alpha value is -1.38. The van der Waals surface area contributed by atoms with Crippen molar-refractivity contribution < 1.29 is 9.53 Å². The lowest BCUT2D eigenvalue weighted by Crippen LogP contribution is -2.48. The lowest BCUT2D eigenvalue weighted by molar-refractivity contribution is -0.140. The molecule has 0 radical (unpaired) electrons. The average Bonchev–Trinajstić information content (AvgIpc) is 3.20. The van der Waals surface area contributed by atoms with Crippen LogP contribution in [0.3, 0.4) is 0 Å². The second-order valence-electron chi connectivity index (χ2n) is 5.87. The third-order valence-corrected chi connectivity index (χ3v) is 5.69. The van der Waals surface area contributed by atoms with Gasteiger partial charge in [-0.25, -0.2) is 0 Å². The third kappa shape index (κ3) is 3.81. The van der Waals surface area contributed by atoms with Crippen LogP contribution >= 0.6 is 23.1 Å². The van der Waals surface area contributed by atoms with Crippen LogP contribution in [0.4, 0.5) is 0 Å². The smallest absolute Gasteiger partial charge is 0.233 e. The predicted molar refractivity (Wildman–Crippen MR) is 96.3 cm³/mol. The first-order valence-electron chi connectivity index (χ1n) is 8.11. The van der Waals surface area contributed by atoms with Crippen molar-refractivity contribution in [2.45, 2.75) is 44.7 Å². The maximum Gasteiger partial charge on any atom is 0.233 e. The first kappa shape index (κ1) is 17.4. The van der Waals surface area contributed by atoms with E-state index in [1.807, 2.05) is 36.3 Å². The summed E-state index contributed by atoms with van der Waals surface area (Å²) in [5.41, 5.74) is 0. The minimum atomic E-state index is 0.0902. The standard InChI is InChI=1S/C16H22N4O2S2/c1-4-20-15(13-6-5-7-23-13)17-18-16(20)24-10-14(21)19-8-11(2)22-12(3)9-19/h5-7,11-12H,4,8-10H2,1-3H3/t11-,12-/m1/s1. The number of hydrogen-bond donors (Lipinski definition) is 0. The molecule has 1 saturated heterocycles. The molecule has 0 unspecified atom stereocenters. The Morgan fingerprint density at radius 1 is 1.38 bits per heavy atom. The van der Waals surface area contributed by atoms with E-state index < -0.39 is 0 Å². The molecular weight excluding hydrogens is 344 g/mol. The quantitative estimate of drug-likeness (QED) is 0.762. The van der Waals surface area contributed by atoms with E-state index in [0.717, 1.165) is 22.4 Å². The van der Waals surface area contributed by atoms with Gasteiger partial charge in [0.1, 0.15) is 0 Å². The number of hydrogen-bond acceptors (Lipinski definition) is 6. The summed E-state index contributed by atoms with van der Waals surface area (Å²) in [6.07, 6.45) is 0.180. The summed E-state index contributed by atoms with van der Waals surface area (Å²) in [6.45, 7) is 8.17. The molecule has 0 aliphatic carbocycles. The number of thiophene rings is 1. The van der Waals surface area contributed by atoms with Crippen molar-refractivity contribution in [3.63, 3.8) is 0 Å². The van der Waals surface area contributed by atoms with Gasteiger partial charge in [0, 0.05) is 19.6 Å². The maximum absolute atomic E-state index is 12.5. The molecule has 2 aromatic rings. The zero-order chi connectivity index (χ0) is 17.1. The van der Waals surface area contributed by atoms with Crippen molar-refractivity contribution in [3.8, 4) is 10.7 Å². The Balaban J connectivity index is 1.65. The summed E-state index contributed by atoms with van der Waals surface area (Å²) in [4.78, 5) is 15.5. The highest BCUT2D eigenvalue weighted by Crippen LogP contribution is 2.27. The molecule has 3 heterocycles. The van der Waals surface area contributed by atoms with E-state index in [2.05, 4.69) is 21.7 Å². The van der Waals surface area contributed by atoms with E-state index in [-0.39, 0.29) is 18.1 Å². The van der Waals surface area contributed by atoms with Gasteiger partial charge in [0.05, 0.1) is 22.8 Å². The SMILES string of the molecule is CCn1c(SCC(=O)N2C[C@@H](C)O[C@H](C)C2)nnc1-c1cccs1. The Morgan fingerprint density at radius 2 is 2.12 bits per heavy atom. The first-order valence-corrected chi connectivity index (χ1v) is 9.98. The number of carbonyl (C=O) groups excluding carboxylic acids is 1. The van der Waals surface area contributed by atoms with Gasteiger partial charge in [0.25, 0.3) is 0 Å². The number of thioether (sulfide) groups is 1. The minimum Gasteiger partial charge on any atom is -0.372 e. The fourth-order valence-corrected chi connectivity index (χ4v) is 4.49. The van der Waals surface area contributed by atoms with Crippen molar-refractivity contribution in [1.29, 1.82) is 0 Å². The summed E-state index contributed by atoms with van der Waals surface area (Å²) in [6, 6.07) is 4.04. The van der Waals surface area contributed by atoms with Gasteiger partial charge in [-0.3, -0.25) is 4.79 Å². The molecule has 3 rings (SSSR count). The lowest BCUT2D eigenvalue weighted by Gasteiger charge is -2.35. The van der Waals surface area contributed by atoms with Gasteiger partial charge < -0.3 is 14.2 Å². The number of aromatic nitrogens is 3. The minimum absolute atomic E-state index is 0.0902. The molecule has 8 heteroatoms. The predicted octanol–water partition coefficient (Wildman–Crippen LogP) is 2.75. The van der Waals surface area contributed by atoms with Gasteiger partial charge in [-0.15, -0.1) is 21.5 Å². The van der Waals surface area contributed by atoms with Crippen molar-refractivity contribution in [3.05, 3.63) is 17.5 Å². The van der Waals surface area contributed by atoms with Gasteiger partial charge in [-0.05, 0) is 32.2 Å². The topological polar surface area (TPSA) is 60.2 Å². The molecule has 6 nitrogen and oxygen atoms in total. The van der Waals surface area contributed by atoms with Crippen LogP contribution in [0.25, 0.3) is 10.7 Å². The number of rotatable bonds is 5. The second-order valence-corrected chi connectivity index (χ2v) is 7.76. The van der Waals surface area contributed by atoms with Crippen LogP contribution < -0.4 is 0 Å². The molecule has 2 aromatic heterocycles. The van der Waals surface area contributed by atoms with Crippen LogP contribution in [0.5, 0.6) is 0 Å². The van der Waals surface area contributed by atoms with Gasteiger partial charge >= 0.3 is 0 Å². The van der Waals surface area contributed by atoms with Gasteiger partial charge in [0.15, 0.2) is 11.0 Å². The summed E-state index contributed by atoms with van der Waals surface area (Å²) in [5, 5.41) is 11.4. The molecule has 0 spiro atoms. The molecule has 1 fully saturated rings. The number of carbonyl (C=O) groups is 1. The molecule has 0 saturated carbocycles. The van der Waals surface area contributed by atoms with Crippen LogP contribution in [0, 0.1) is 0 Å². The zero-order valence-electron chi connectivity index (χ0n) is 14.1. The van der Waals surface area contributed by atoms with Crippen LogP contribution in [-0.2, 0) is 16.1 Å². The average molecular weight is 367 g/mol. The summed E-state index contributed by atoms with van der Waals surface area (Å²) < 4.78 is 7.75. The summed E-state index contributed by atoms with van der Waals surface area (Å²) >= 11 is 3.10. The van der Waals surface area contributed by atoms with Crippen LogP contribution in [0.2, 0.25) is 0 Å². The molecular formula is C16H22N4O2S2. The Bertz CT molecular complexity index is 676. The fourth-order valence-electron chi connectivity index (χ4n) is 2.87. The molecule has 0 N–H and O–H groups in total. The molecule has 130 valence electrons. The van der Waals surface area contributed by atoms with E-state index >= 15 is 0 Å².